The Morgan fingerprint density at radius 3 is 2.56 bits per heavy atom. The van der Waals surface area contributed by atoms with Gasteiger partial charge in [-0.2, -0.15) is 4.72 Å². The van der Waals surface area contributed by atoms with Gasteiger partial charge in [0.15, 0.2) is 0 Å². The Bertz CT molecular complexity index is 1110. The second-order valence-corrected chi connectivity index (χ2v) is 9.95. The van der Waals surface area contributed by atoms with E-state index in [0.717, 1.165) is 11.3 Å². The van der Waals surface area contributed by atoms with Gasteiger partial charge in [0, 0.05) is 30.9 Å². The van der Waals surface area contributed by atoms with Crippen LogP contribution >= 0.6 is 0 Å². The summed E-state index contributed by atoms with van der Waals surface area (Å²) in [4.78, 5) is 26.4. The third-order valence-corrected chi connectivity index (χ3v) is 6.76. The first-order valence-electron chi connectivity index (χ1n) is 10.5. The average Bonchev–Trinajstić information content (AvgIpc) is 3.16. The van der Waals surface area contributed by atoms with Crippen LogP contribution in [0.5, 0.6) is 5.75 Å². The summed E-state index contributed by atoms with van der Waals surface area (Å²) in [5.74, 6) is 0.146. The molecule has 0 saturated carbocycles. The summed E-state index contributed by atoms with van der Waals surface area (Å²) >= 11 is 0. The molecule has 9 heteroatoms. The molecule has 1 atom stereocenters. The Morgan fingerprint density at radius 2 is 1.91 bits per heavy atom. The summed E-state index contributed by atoms with van der Waals surface area (Å²) in [6.07, 6.45) is 0.919. The molecule has 0 spiro atoms. The van der Waals surface area contributed by atoms with E-state index in [9.17, 15) is 18.0 Å². The predicted octanol–water partition coefficient (Wildman–Crippen LogP) is 2.94. The maximum Gasteiger partial charge on any atom is 0.242 e. The second-order valence-electron chi connectivity index (χ2n) is 8.24. The Balaban J connectivity index is 1.81. The summed E-state index contributed by atoms with van der Waals surface area (Å²) in [7, 11) is -2.42. The van der Waals surface area contributed by atoms with E-state index in [1.807, 2.05) is 13.8 Å². The van der Waals surface area contributed by atoms with Gasteiger partial charge in [0.25, 0.3) is 0 Å². The Morgan fingerprint density at radius 1 is 1.16 bits per heavy atom. The van der Waals surface area contributed by atoms with Crippen LogP contribution in [0.25, 0.3) is 0 Å². The van der Waals surface area contributed by atoms with Gasteiger partial charge in [-0.25, -0.2) is 8.42 Å². The van der Waals surface area contributed by atoms with Crippen molar-refractivity contribution in [2.24, 2.45) is 5.92 Å². The number of benzene rings is 2. The zero-order chi connectivity index (χ0) is 23.5. The van der Waals surface area contributed by atoms with Gasteiger partial charge < -0.3 is 15.0 Å². The number of carbonyl (C=O) groups is 2. The van der Waals surface area contributed by atoms with Gasteiger partial charge in [-0.3, -0.25) is 9.59 Å². The van der Waals surface area contributed by atoms with Crippen LogP contribution in [0, 0.1) is 5.92 Å². The minimum Gasteiger partial charge on any atom is -0.497 e. The molecule has 0 saturated heterocycles. The number of ether oxygens (including phenoxy) is 1. The monoisotopic (exact) mass is 459 g/mol. The van der Waals surface area contributed by atoms with Crippen molar-refractivity contribution in [3.8, 4) is 5.75 Å². The summed E-state index contributed by atoms with van der Waals surface area (Å²) in [6.45, 7) is 5.86. The van der Waals surface area contributed by atoms with Gasteiger partial charge in [0.2, 0.25) is 21.8 Å². The van der Waals surface area contributed by atoms with Crippen LogP contribution in [-0.4, -0.2) is 39.9 Å². The normalized spacial score (nSPS) is 14.2. The van der Waals surface area contributed by atoms with E-state index >= 15 is 0 Å². The Kier molecular flexibility index (Phi) is 7.20. The minimum absolute atomic E-state index is 0.0737. The van der Waals surface area contributed by atoms with E-state index < -0.39 is 22.0 Å². The number of methoxy groups -OCH3 is 1. The molecule has 2 N–H and O–H groups in total. The van der Waals surface area contributed by atoms with E-state index in [1.54, 1.807) is 41.3 Å². The van der Waals surface area contributed by atoms with Crippen molar-refractivity contribution in [1.82, 2.24) is 4.72 Å². The lowest BCUT2D eigenvalue weighted by Gasteiger charge is -2.21. The van der Waals surface area contributed by atoms with Crippen molar-refractivity contribution in [2.75, 3.05) is 23.9 Å². The van der Waals surface area contributed by atoms with Crippen LogP contribution < -0.4 is 19.7 Å². The number of amides is 2. The zero-order valence-electron chi connectivity index (χ0n) is 18.7. The lowest BCUT2D eigenvalue weighted by Crippen LogP contribution is -2.44. The largest absolute Gasteiger partial charge is 0.497 e. The first-order valence-corrected chi connectivity index (χ1v) is 12.0. The molecule has 2 aromatic carbocycles. The molecule has 172 valence electrons. The van der Waals surface area contributed by atoms with Gasteiger partial charge in [0.05, 0.1) is 12.0 Å². The fraction of sp³-hybridized carbons (Fsp3) is 0.391. The molecule has 3 rings (SSSR count). The number of rotatable bonds is 8. The van der Waals surface area contributed by atoms with Gasteiger partial charge >= 0.3 is 0 Å². The third kappa shape index (κ3) is 5.46. The number of carbonyl (C=O) groups excluding carboxylic acids is 2. The van der Waals surface area contributed by atoms with E-state index in [4.69, 9.17) is 4.74 Å². The molecular weight excluding hydrogens is 430 g/mol. The van der Waals surface area contributed by atoms with E-state index in [1.165, 1.54) is 20.1 Å². The van der Waals surface area contributed by atoms with Crippen LogP contribution in [0.3, 0.4) is 0 Å². The number of sulfonamides is 1. The third-order valence-electron chi connectivity index (χ3n) is 5.30. The highest BCUT2D eigenvalue weighted by molar-refractivity contribution is 7.89. The summed E-state index contributed by atoms with van der Waals surface area (Å²) < 4.78 is 33.9. The topological polar surface area (TPSA) is 105 Å². The summed E-state index contributed by atoms with van der Waals surface area (Å²) in [5.41, 5.74) is 2.04. The summed E-state index contributed by atoms with van der Waals surface area (Å²) in [6, 6.07) is 10.6. The van der Waals surface area contributed by atoms with Crippen LogP contribution in [0.15, 0.2) is 47.4 Å². The SMILES string of the molecule is COc1cccc(NC(=O)[C@H](CC(C)C)NS(=O)(=O)c2ccc3c(c2)CCN3C(C)=O)c1. The molecule has 0 unspecified atom stereocenters. The van der Waals surface area contributed by atoms with Crippen molar-refractivity contribution in [3.05, 3.63) is 48.0 Å². The lowest BCUT2D eigenvalue weighted by atomic mass is 10.0. The number of nitrogens with one attached hydrogen (secondary N) is 2. The van der Waals surface area contributed by atoms with Crippen molar-refractivity contribution in [1.29, 1.82) is 0 Å². The van der Waals surface area contributed by atoms with Crippen LogP contribution in [0.4, 0.5) is 11.4 Å². The molecule has 0 bridgehead atoms. The molecule has 8 nitrogen and oxygen atoms in total. The smallest absolute Gasteiger partial charge is 0.242 e. The molecular formula is C23H29N3O5S. The summed E-state index contributed by atoms with van der Waals surface area (Å²) in [5, 5.41) is 2.77. The van der Waals surface area contributed by atoms with Crippen molar-refractivity contribution < 1.29 is 22.7 Å². The number of anilines is 2. The first kappa shape index (κ1) is 23.7. The van der Waals surface area contributed by atoms with E-state index in [0.29, 0.717) is 30.8 Å². The van der Waals surface area contributed by atoms with Gasteiger partial charge in [-0.1, -0.05) is 19.9 Å². The average molecular weight is 460 g/mol. The molecule has 0 aliphatic carbocycles. The number of fused-ring (bicyclic) bond motifs is 1. The Hall–Kier alpha value is -2.91. The number of hydrogen-bond acceptors (Lipinski definition) is 5. The van der Waals surface area contributed by atoms with Crippen molar-refractivity contribution in [3.63, 3.8) is 0 Å². The molecule has 32 heavy (non-hydrogen) atoms. The van der Waals surface area contributed by atoms with Gasteiger partial charge in [-0.05, 0) is 54.7 Å². The lowest BCUT2D eigenvalue weighted by molar-refractivity contribution is -0.118. The Labute approximate surface area is 189 Å². The molecule has 0 aromatic heterocycles. The predicted molar refractivity (Wildman–Crippen MR) is 123 cm³/mol. The molecule has 2 amide bonds. The van der Waals surface area contributed by atoms with Gasteiger partial charge in [-0.15, -0.1) is 0 Å². The van der Waals surface area contributed by atoms with E-state index in [-0.39, 0.29) is 16.7 Å². The quantitative estimate of drug-likeness (QED) is 0.632. The zero-order valence-corrected chi connectivity index (χ0v) is 19.5. The fourth-order valence-corrected chi connectivity index (χ4v) is 5.00. The minimum atomic E-state index is -3.95. The first-order chi connectivity index (χ1) is 15.1. The molecule has 1 aliphatic rings. The van der Waals surface area contributed by atoms with Crippen molar-refractivity contribution in [2.45, 2.75) is 44.6 Å². The molecule has 1 heterocycles. The standard InChI is InChI=1S/C23H29N3O5S/c1-15(2)12-21(23(28)24-18-6-5-7-19(14-18)31-4)25-32(29,30)20-8-9-22-17(13-20)10-11-26(22)16(3)27/h5-9,13-15,21,25H,10-12H2,1-4H3,(H,24,28)/t21-/m0/s1. The van der Waals surface area contributed by atoms with Crippen molar-refractivity contribution >= 4 is 33.2 Å². The van der Waals surface area contributed by atoms with Crippen LogP contribution in [-0.2, 0) is 26.0 Å². The molecule has 0 radical (unpaired) electrons. The van der Waals surface area contributed by atoms with E-state index in [2.05, 4.69) is 10.0 Å². The number of hydrogen-bond donors (Lipinski definition) is 2. The maximum atomic E-state index is 13.1. The molecule has 2 aromatic rings. The highest BCUT2D eigenvalue weighted by Crippen LogP contribution is 2.30. The second kappa shape index (κ2) is 9.70. The van der Waals surface area contributed by atoms with Gasteiger partial charge in [0.1, 0.15) is 11.8 Å². The highest BCUT2D eigenvalue weighted by Gasteiger charge is 2.29. The number of nitrogens with zero attached hydrogens (tertiary/aromatic N) is 1. The highest BCUT2D eigenvalue weighted by atomic mass is 32.2. The maximum absolute atomic E-state index is 13.1. The van der Waals surface area contributed by atoms with Crippen LogP contribution in [0.1, 0.15) is 32.8 Å². The molecule has 0 fully saturated rings. The van der Waals surface area contributed by atoms with Crippen LogP contribution in [0.2, 0.25) is 0 Å². The molecule has 1 aliphatic heterocycles. The fourth-order valence-electron chi connectivity index (χ4n) is 3.74.